The summed E-state index contributed by atoms with van der Waals surface area (Å²) >= 11 is 6.02. The Labute approximate surface area is 258 Å². The van der Waals surface area contributed by atoms with Crippen LogP contribution in [0.2, 0.25) is 5.02 Å². The smallest absolute Gasteiger partial charge is 0.264 e. The molecule has 3 aromatic carbocycles. The van der Waals surface area contributed by atoms with Crippen molar-refractivity contribution in [3.05, 3.63) is 83.4 Å². The van der Waals surface area contributed by atoms with Crippen molar-refractivity contribution in [3.8, 4) is 11.5 Å². The second-order valence-corrected chi connectivity index (χ2v) is 12.7. The number of rotatable bonds is 13. The Morgan fingerprint density at radius 2 is 1.56 bits per heavy atom. The van der Waals surface area contributed by atoms with E-state index in [0.717, 1.165) is 35.6 Å². The quantitative estimate of drug-likeness (QED) is 0.271. The molecule has 0 saturated heterocycles. The molecule has 1 N–H and O–H groups in total. The van der Waals surface area contributed by atoms with Gasteiger partial charge in [-0.05, 0) is 92.9 Å². The van der Waals surface area contributed by atoms with Crippen molar-refractivity contribution in [1.82, 2.24) is 10.2 Å². The number of anilines is 1. The number of nitrogens with zero attached hydrogens (tertiary/aromatic N) is 2. The van der Waals surface area contributed by atoms with E-state index in [1.54, 1.807) is 50.4 Å². The predicted octanol–water partition coefficient (Wildman–Crippen LogP) is 5.42. The van der Waals surface area contributed by atoms with Crippen molar-refractivity contribution < 1.29 is 27.5 Å². The third-order valence-corrected chi connectivity index (χ3v) is 9.54. The van der Waals surface area contributed by atoms with Crippen LogP contribution in [0.5, 0.6) is 11.5 Å². The van der Waals surface area contributed by atoms with E-state index >= 15 is 0 Å². The fraction of sp³-hybridized carbons (Fsp3) is 0.375. The van der Waals surface area contributed by atoms with Crippen molar-refractivity contribution in [2.24, 2.45) is 0 Å². The molecule has 9 nitrogen and oxygen atoms in total. The Bertz CT molecular complexity index is 1470. The van der Waals surface area contributed by atoms with Gasteiger partial charge < -0.3 is 19.7 Å². The summed E-state index contributed by atoms with van der Waals surface area (Å²) in [5.41, 5.74) is 1.04. The third-order valence-electron chi connectivity index (χ3n) is 7.50. The van der Waals surface area contributed by atoms with Crippen molar-refractivity contribution >= 4 is 39.1 Å². The number of hydrogen-bond donors (Lipinski definition) is 1. The molecule has 0 bridgehead atoms. The zero-order valence-electron chi connectivity index (χ0n) is 24.7. The summed E-state index contributed by atoms with van der Waals surface area (Å²) in [5, 5.41) is 3.46. The van der Waals surface area contributed by atoms with Crippen LogP contribution in [0.3, 0.4) is 0 Å². The van der Waals surface area contributed by atoms with Crippen LogP contribution in [0.1, 0.15) is 45.1 Å². The highest BCUT2D eigenvalue weighted by atomic mass is 35.5. The van der Waals surface area contributed by atoms with Crippen LogP contribution in [0, 0.1) is 0 Å². The minimum absolute atomic E-state index is 0.0210. The van der Waals surface area contributed by atoms with Crippen LogP contribution in [0.4, 0.5) is 5.69 Å². The molecule has 0 aromatic heterocycles. The lowest BCUT2D eigenvalue weighted by molar-refractivity contribution is -0.139. The van der Waals surface area contributed by atoms with Gasteiger partial charge in [-0.3, -0.25) is 13.9 Å². The molecule has 0 aliphatic heterocycles. The highest BCUT2D eigenvalue weighted by Crippen LogP contribution is 2.28. The number of hydrogen-bond acceptors (Lipinski definition) is 6. The van der Waals surface area contributed by atoms with Gasteiger partial charge in [-0.15, -0.1) is 0 Å². The van der Waals surface area contributed by atoms with E-state index < -0.39 is 28.5 Å². The number of halogens is 1. The SMILES string of the molecule is CCOc1ccc(N(CC(=O)N(Cc2ccc(OC)cc2)[C@@H](C)C(=O)NC2CCCC2)S(=O)(=O)c2ccc(Cl)cc2)cc1. The third kappa shape index (κ3) is 8.20. The van der Waals surface area contributed by atoms with E-state index in [4.69, 9.17) is 21.1 Å². The van der Waals surface area contributed by atoms with Gasteiger partial charge in [-0.2, -0.15) is 0 Å². The second kappa shape index (κ2) is 14.6. The van der Waals surface area contributed by atoms with Gasteiger partial charge in [0, 0.05) is 17.6 Å². The lowest BCUT2D eigenvalue weighted by atomic mass is 10.1. The fourth-order valence-corrected chi connectivity index (χ4v) is 6.58. The van der Waals surface area contributed by atoms with Crippen LogP contribution < -0.4 is 19.1 Å². The molecule has 1 saturated carbocycles. The fourth-order valence-electron chi connectivity index (χ4n) is 5.04. The number of sulfonamides is 1. The van der Waals surface area contributed by atoms with Gasteiger partial charge in [0.05, 0.1) is 24.3 Å². The largest absolute Gasteiger partial charge is 0.497 e. The lowest BCUT2D eigenvalue weighted by Gasteiger charge is -2.32. The summed E-state index contributed by atoms with van der Waals surface area (Å²) in [6.45, 7) is 3.54. The minimum atomic E-state index is -4.20. The van der Waals surface area contributed by atoms with E-state index in [2.05, 4.69) is 5.32 Å². The molecule has 230 valence electrons. The minimum Gasteiger partial charge on any atom is -0.497 e. The monoisotopic (exact) mass is 627 g/mol. The zero-order valence-corrected chi connectivity index (χ0v) is 26.2. The molecular weight excluding hydrogens is 590 g/mol. The van der Waals surface area contributed by atoms with Crippen molar-refractivity contribution in [1.29, 1.82) is 0 Å². The Kier molecular flexibility index (Phi) is 10.9. The normalized spacial score (nSPS) is 14.1. The van der Waals surface area contributed by atoms with Crippen LogP contribution in [-0.2, 0) is 26.2 Å². The van der Waals surface area contributed by atoms with Crippen LogP contribution in [-0.4, -0.2) is 57.5 Å². The Morgan fingerprint density at radius 3 is 2.14 bits per heavy atom. The van der Waals surface area contributed by atoms with E-state index in [9.17, 15) is 18.0 Å². The molecule has 4 rings (SSSR count). The van der Waals surface area contributed by atoms with Gasteiger partial charge >= 0.3 is 0 Å². The van der Waals surface area contributed by atoms with Gasteiger partial charge in [-0.1, -0.05) is 36.6 Å². The number of benzene rings is 3. The molecule has 43 heavy (non-hydrogen) atoms. The first-order valence-corrected chi connectivity index (χ1v) is 16.2. The van der Waals surface area contributed by atoms with Crippen LogP contribution >= 0.6 is 11.6 Å². The Balaban J connectivity index is 1.68. The van der Waals surface area contributed by atoms with Crippen molar-refractivity contribution in [2.75, 3.05) is 24.6 Å². The van der Waals surface area contributed by atoms with E-state index in [-0.39, 0.29) is 29.1 Å². The first kappa shape index (κ1) is 32.2. The van der Waals surface area contributed by atoms with Gasteiger partial charge in [0.2, 0.25) is 11.8 Å². The molecule has 0 heterocycles. The summed E-state index contributed by atoms with van der Waals surface area (Å²) in [6, 6.07) is 18.7. The molecule has 1 atom stereocenters. The van der Waals surface area contributed by atoms with Crippen molar-refractivity contribution in [2.45, 2.75) is 63.1 Å². The van der Waals surface area contributed by atoms with Crippen molar-refractivity contribution in [3.63, 3.8) is 0 Å². The number of carbonyl (C=O) groups is 2. The number of carbonyl (C=O) groups excluding carboxylic acids is 2. The molecule has 3 aromatic rings. The Morgan fingerprint density at radius 1 is 0.953 bits per heavy atom. The summed E-state index contributed by atoms with van der Waals surface area (Å²) in [6.07, 6.45) is 3.90. The maximum absolute atomic E-state index is 14.1. The number of ether oxygens (including phenoxy) is 2. The first-order chi connectivity index (χ1) is 20.6. The molecule has 1 fully saturated rings. The number of amides is 2. The second-order valence-electron chi connectivity index (χ2n) is 10.4. The molecule has 0 unspecified atom stereocenters. The maximum atomic E-state index is 14.1. The van der Waals surface area contributed by atoms with Gasteiger partial charge in [0.15, 0.2) is 0 Å². The standard InChI is InChI=1S/C32H38ClN3O6S/c1-4-42-29-17-13-27(14-18-29)36(43(39,40)30-19-11-25(33)12-20-30)22-31(37)35(21-24-9-15-28(41-3)16-10-24)23(2)32(38)34-26-7-5-6-8-26/h9-20,23,26H,4-8,21-22H2,1-3H3,(H,34,38)/t23-/m0/s1. The summed E-state index contributed by atoms with van der Waals surface area (Å²) < 4.78 is 39.8. The zero-order chi connectivity index (χ0) is 31.0. The topological polar surface area (TPSA) is 105 Å². The van der Waals surface area contributed by atoms with E-state index in [1.807, 2.05) is 19.1 Å². The average molecular weight is 628 g/mol. The number of methoxy groups -OCH3 is 1. The predicted molar refractivity (Wildman–Crippen MR) is 167 cm³/mol. The van der Waals surface area contributed by atoms with Crippen LogP contribution in [0.15, 0.2) is 77.7 Å². The maximum Gasteiger partial charge on any atom is 0.264 e. The van der Waals surface area contributed by atoms with Crippen LogP contribution in [0.25, 0.3) is 0 Å². The molecular formula is C32H38ClN3O6S. The average Bonchev–Trinajstić information content (AvgIpc) is 3.52. The van der Waals surface area contributed by atoms with E-state index in [0.29, 0.717) is 23.1 Å². The lowest BCUT2D eigenvalue weighted by Crippen LogP contribution is -2.52. The van der Waals surface area contributed by atoms with Gasteiger partial charge in [0.25, 0.3) is 10.0 Å². The molecule has 2 amide bonds. The molecule has 0 radical (unpaired) electrons. The number of nitrogens with one attached hydrogen (secondary N) is 1. The highest BCUT2D eigenvalue weighted by Gasteiger charge is 2.33. The highest BCUT2D eigenvalue weighted by molar-refractivity contribution is 7.92. The van der Waals surface area contributed by atoms with Gasteiger partial charge in [0.1, 0.15) is 24.1 Å². The summed E-state index contributed by atoms with van der Waals surface area (Å²) in [5.74, 6) is 0.419. The Hall–Kier alpha value is -3.76. The molecule has 1 aliphatic carbocycles. The van der Waals surface area contributed by atoms with Gasteiger partial charge in [-0.25, -0.2) is 8.42 Å². The molecule has 11 heteroatoms. The molecule has 0 spiro atoms. The summed E-state index contributed by atoms with van der Waals surface area (Å²) in [4.78, 5) is 28.9. The summed E-state index contributed by atoms with van der Waals surface area (Å²) in [7, 11) is -2.64. The molecule has 1 aliphatic rings. The van der Waals surface area contributed by atoms with E-state index in [1.165, 1.54) is 29.2 Å². The first-order valence-electron chi connectivity index (χ1n) is 14.4.